The zero-order valence-electron chi connectivity index (χ0n) is 7.10. The van der Waals surface area contributed by atoms with Gasteiger partial charge in [0.2, 0.25) is 0 Å². The molecule has 0 aliphatic carbocycles. The van der Waals surface area contributed by atoms with E-state index in [1.807, 2.05) is 6.07 Å². The monoisotopic (exact) mass is 209 g/mol. The molecule has 0 aliphatic rings. The normalized spacial score (nSPS) is 10.3. The van der Waals surface area contributed by atoms with Crippen LogP contribution in [0, 0.1) is 0 Å². The molecule has 72 valence electrons. The zero-order chi connectivity index (χ0) is 9.97. The molecule has 0 unspecified atom stereocenters. The van der Waals surface area contributed by atoms with Crippen molar-refractivity contribution in [3.63, 3.8) is 0 Å². The fourth-order valence-electron chi connectivity index (χ4n) is 1.10. The van der Waals surface area contributed by atoms with Crippen molar-refractivity contribution in [3.8, 4) is 0 Å². The van der Waals surface area contributed by atoms with Crippen molar-refractivity contribution < 1.29 is 9.90 Å². The van der Waals surface area contributed by atoms with Crippen LogP contribution in [0.25, 0.3) is 10.1 Å². The molecule has 0 aliphatic heterocycles. The quantitative estimate of drug-likeness (QED) is 0.794. The van der Waals surface area contributed by atoms with Crippen LogP contribution in [-0.2, 0) is 4.79 Å². The van der Waals surface area contributed by atoms with E-state index in [0.29, 0.717) is 5.82 Å². The van der Waals surface area contributed by atoms with Gasteiger partial charge in [-0.3, -0.25) is 4.79 Å². The van der Waals surface area contributed by atoms with E-state index >= 15 is 0 Å². The third-order valence-corrected chi connectivity index (χ3v) is 2.45. The summed E-state index contributed by atoms with van der Waals surface area (Å²) in [6, 6.07) is 1.85. The highest BCUT2D eigenvalue weighted by molar-refractivity contribution is 7.13. The molecule has 14 heavy (non-hydrogen) atoms. The molecule has 2 N–H and O–H groups in total. The number of pyridine rings is 1. The van der Waals surface area contributed by atoms with Crippen molar-refractivity contribution in [2.45, 2.75) is 0 Å². The van der Waals surface area contributed by atoms with Crippen LogP contribution in [0.2, 0.25) is 0 Å². The molecule has 2 aromatic rings. The van der Waals surface area contributed by atoms with Crippen LogP contribution in [-0.4, -0.2) is 27.0 Å². The Morgan fingerprint density at radius 3 is 3.29 bits per heavy atom. The van der Waals surface area contributed by atoms with E-state index < -0.39 is 5.97 Å². The summed E-state index contributed by atoms with van der Waals surface area (Å²) in [5.74, 6) is -0.342. The third kappa shape index (κ3) is 1.64. The van der Waals surface area contributed by atoms with Gasteiger partial charge in [-0.2, -0.15) is 4.37 Å². The van der Waals surface area contributed by atoms with Gasteiger partial charge in [-0.15, -0.1) is 0 Å². The maximum Gasteiger partial charge on any atom is 0.322 e. The minimum absolute atomic E-state index is 0.137. The number of fused-ring (bicyclic) bond motifs is 1. The fourth-order valence-corrected chi connectivity index (χ4v) is 1.74. The van der Waals surface area contributed by atoms with Crippen molar-refractivity contribution >= 4 is 33.4 Å². The molecule has 0 radical (unpaired) electrons. The molecule has 2 aromatic heterocycles. The van der Waals surface area contributed by atoms with Crippen molar-refractivity contribution in [2.24, 2.45) is 0 Å². The van der Waals surface area contributed by atoms with E-state index in [9.17, 15) is 4.79 Å². The molecule has 0 spiro atoms. The summed E-state index contributed by atoms with van der Waals surface area (Å²) in [6.07, 6.45) is 3.31. The van der Waals surface area contributed by atoms with Crippen molar-refractivity contribution in [1.29, 1.82) is 0 Å². The lowest BCUT2D eigenvalue weighted by molar-refractivity contribution is -0.134. The predicted octanol–water partition coefficient (Wildman–Crippen LogP) is 1.19. The molecule has 0 saturated heterocycles. The number of anilines is 1. The number of hydrogen-bond donors (Lipinski definition) is 2. The van der Waals surface area contributed by atoms with Crippen molar-refractivity contribution in [1.82, 2.24) is 9.36 Å². The maximum atomic E-state index is 10.3. The molecule has 0 amide bonds. The number of carbonyl (C=O) groups is 1. The van der Waals surface area contributed by atoms with E-state index in [1.54, 1.807) is 12.4 Å². The summed E-state index contributed by atoms with van der Waals surface area (Å²) in [5, 5.41) is 12.1. The number of nitrogens with one attached hydrogen (secondary N) is 1. The first-order chi connectivity index (χ1) is 6.77. The Morgan fingerprint density at radius 1 is 1.64 bits per heavy atom. The fraction of sp³-hybridized carbons (Fsp3) is 0.125. The minimum atomic E-state index is -0.910. The van der Waals surface area contributed by atoms with Gasteiger partial charge >= 0.3 is 5.97 Å². The molecule has 0 bridgehead atoms. The number of carboxylic acid groups (broad SMARTS) is 1. The van der Waals surface area contributed by atoms with Gasteiger partial charge in [0.15, 0.2) is 0 Å². The van der Waals surface area contributed by atoms with E-state index in [4.69, 9.17) is 5.11 Å². The molecule has 5 nitrogen and oxygen atoms in total. The summed E-state index contributed by atoms with van der Waals surface area (Å²) in [6.45, 7) is -0.137. The Morgan fingerprint density at radius 2 is 2.50 bits per heavy atom. The van der Waals surface area contributed by atoms with Crippen LogP contribution in [0.3, 0.4) is 0 Å². The molecule has 2 rings (SSSR count). The minimum Gasteiger partial charge on any atom is -0.480 e. The Bertz CT molecular complexity index is 468. The topological polar surface area (TPSA) is 75.1 Å². The SMILES string of the molecule is O=C(O)CNc1nccc2sncc12. The van der Waals surface area contributed by atoms with Crippen molar-refractivity contribution in [3.05, 3.63) is 18.5 Å². The first-order valence-corrected chi connectivity index (χ1v) is 4.70. The highest BCUT2D eigenvalue weighted by Crippen LogP contribution is 2.23. The Kier molecular flexibility index (Phi) is 2.28. The Hall–Kier alpha value is -1.69. The molecule has 2 heterocycles. The van der Waals surface area contributed by atoms with Gasteiger partial charge in [0.25, 0.3) is 0 Å². The summed E-state index contributed by atoms with van der Waals surface area (Å²) >= 11 is 1.36. The average molecular weight is 209 g/mol. The second kappa shape index (κ2) is 3.59. The standard InChI is InChI=1S/C8H7N3O2S/c12-7(13)4-10-8-5-3-11-14-6(5)1-2-9-8/h1-3H,4H2,(H,9,10)(H,12,13). The Balaban J connectivity index is 2.32. The van der Waals surface area contributed by atoms with E-state index in [1.165, 1.54) is 11.5 Å². The van der Waals surface area contributed by atoms with E-state index in [-0.39, 0.29) is 6.54 Å². The highest BCUT2D eigenvalue weighted by atomic mass is 32.1. The van der Waals surface area contributed by atoms with Crippen LogP contribution in [0.15, 0.2) is 18.5 Å². The zero-order valence-corrected chi connectivity index (χ0v) is 7.91. The lowest BCUT2D eigenvalue weighted by Crippen LogP contribution is -2.13. The lowest BCUT2D eigenvalue weighted by Gasteiger charge is -2.02. The van der Waals surface area contributed by atoms with Crippen LogP contribution in [0.4, 0.5) is 5.82 Å². The van der Waals surface area contributed by atoms with Crippen LogP contribution in [0.1, 0.15) is 0 Å². The van der Waals surface area contributed by atoms with Gasteiger partial charge in [0.05, 0.1) is 16.3 Å². The third-order valence-electron chi connectivity index (χ3n) is 1.69. The number of rotatable bonds is 3. The first-order valence-electron chi connectivity index (χ1n) is 3.92. The molecule has 0 atom stereocenters. The summed E-state index contributed by atoms with van der Waals surface area (Å²) in [4.78, 5) is 14.4. The summed E-state index contributed by atoms with van der Waals surface area (Å²) in [5.41, 5.74) is 0. The second-order valence-corrected chi connectivity index (χ2v) is 3.48. The number of hydrogen-bond acceptors (Lipinski definition) is 5. The van der Waals surface area contributed by atoms with Gasteiger partial charge in [0.1, 0.15) is 12.4 Å². The van der Waals surface area contributed by atoms with E-state index in [2.05, 4.69) is 14.7 Å². The number of aliphatic carboxylic acids is 1. The highest BCUT2D eigenvalue weighted by Gasteiger charge is 2.04. The van der Waals surface area contributed by atoms with Gasteiger partial charge in [-0.25, -0.2) is 4.98 Å². The maximum absolute atomic E-state index is 10.3. The van der Waals surface area contributed by atoms with Gasteiger partial charge < -0.3 is 10.4 Å². The number of carboxylic acids is 1. The van der Waals surface area contributed by atoms with Crippen LogP contribution >= 0.6 is 11.5 Å². The van der Waals surface area contributed by atoms with E-state index in [0.717, 1.165) is 10.1 Å². The molecule has 0 fully saturated rings. The Labute approximate surface area is 83.6 Å². The first kappa shape index (κ1) is 8.89. The molecule has 6 heteroatoms. The second-order valence-electron chi connectivity index (χ2n) is 2.64. The summed E-state index contributed by atoms with van der Waals surface area (Å²) in [7, 11) is 0. The number of aromatic nitrogens is 2. The summed E-state index contributed by atoms with van der Waals surface area (Å²) < 4.78 is 5.00. The largest absolute Gasteiger partial charge is 0.480 e. The lowest BCUT2D eigenvalue weighted by atomic mass is 10.3. The molecular weight excluding hydrogens is 202 g/mol. The van der Waals surface area contributed by atoms with Gasteiger partial charge in [0, 0.05) is 6.20 Å². The molecule has 0 aromatic carbocycles. The predicted molar refractivity (Wildman–Crippen MR) is 53.5 cm³/mol. The average Bonchev–Trinajstić information content (AvgIpc) is 2.62. The van der Waals surface area contributed by atoms with Crippen LogP contribution in [0.5, 0.6) is 0 Å². The van der Waals surface area contributed by atoms with Gasteiger partial charge in [-0.05, 0) is 17.6 Å². The van der Waals surface area contributed by atoms with Gasteiger partial charge in [-0.1, -0.05) is 0 Å². The smallest absolute Gasteiger partial charge is 0.322 e. The molecular formula is C8H7N3O2S. The van der Waals surface area contributed by atoms with Crippen molar-refractivity contribution in [2.75, 3.05) is 11.9 Å². The number of nitrogens with zero attached hydrogens (tertiary/aromatic N) is 2. The molecule has 0 saturated carbocycles. The van der Waals surface area contributed by atoms with Crippen LogP contribution < -0.4 is 5.32 Å².